The van der Waals surface area contributed by atoms with Crippen molar-refractivity contribution >= 4 is 12.0 Å². The third kappa shape index (κ3) is 4.46. The minimum absolute atomic E-state index is 0.00265. The summed E-state index contributed by atoms with van der Waals surface area (Å²) in [5, 5.41) is 2.77. The molecule has 1 heterocycles. The van der Waals surface area contributed by atoms with Crippen molar-refractivity contribution in [3.8, 4) is 0 Å². The molecule has 0 radical (unpaired) electrons. The minimum atomic E-state index is -0.405. The van der Waals surface area contributed by atoms with Crippen molar-refractivity contribution in [1.82, 2.24) is 10.2 Å². The molecule has 1 N–H and O–H groups in total. The van der Waals surface area contributed by atoms with Gasteiger partial charge in [0.25, 0.3) is 0 Å². The number of nitrogens with one attached hydrogen (secondary N) is 1. The second-order valence-corrected chi connectivity index (χ2v) is 3.99. The van der Waals surface area contributed by atoms with Crippen molar-refractivity contribution in [2.75, 3.05) is 19.7 Å². The van der Waals surface area contributed by atoms with Gasteiger partial charge in [-0.25, -0.2) is 4.79 Å². The number of nitrogens with zero attached hydrogens (tertiary/aromatic N) is 1. The van der Waals surface area contributed by atoms with Gasteiger partial charge in [-0.05, 0) is 32.8 Å². The molecule has 0 aromatic rings. The number of hydrogen-bond acceptors (Lipinski definition) is 3. The highest BCUT2D eigenvalue weighted by atomic mass is 16.5. The van der Waals surface area contributed by atoms with Crippen LogP contribution in [0.25, 0.3) is 0 Å². The van der Waals surface area contributed by atoms with E-state index in [1.807, 2.05) is 6.92 Å². The summed E-state index contributed by atoms with van der Waals surface area (Å²) in [7, 11) is 0. The maximum atomic E-state index is 11.7. The summed E-state index contributed by atoms with van der Waals surface area (Å²) in [6, 6.07) is -0.00277. The van der Waals surface area contributed by atoms with Crippen LogP contribution in [0.2, 0.25) is 0 Å². The molecule has 0 aromatic heterocycles. The standard InChI is InChI=1S/C12H20N2O3/c1-3-6-11(15)14-8-5-7-10(9-14)13-12(16)17-4-2/h3,6,10H,4-5,7-9H2,1-2H3,(H,13,16). The first-order valence-corrected chi connectivity index (χ1v) is 6.02. The Morgan fingerprint density at radius 3 is 2.94 bits per heavy atom. The van der Waals surface area contributed by atoms with Gasteiger partial charge in [-0.2, -0.15) is 0 Å². The largest absolute Gasteiger partial charge is 0.450 e. The van der Waals surface area contributed by atoms with E-state index in [1.165, 1.54) is 0 Å². The Kier molecular flexibility index (Phi) is 5.52. The van der Waals surface area contributed by atoms with E-state index in [1.54, 1.807) is 24.0 Å². The second kappa shape index (κ2) is 6.93. The van der Waals surface area contributed by atoms with Crippen molar-refractivity contribution in [2.45, 2.75) is 32.7 Å². The number of allylic oxidation sites excluding steroid dienone is 1. The molecule has 1 atom stereocenters. The number of amides is 2. The van der Waals surface area contributed by atoms with Crippen molar-refractivity contribution in [2.24, 2.45) is 0 Å². The van der Waals surface area contributed by atoms with E-state index in [9.17, 15) is 9.59 Å². The Hall–Kier alpha value is -1.52. The van der Waals surface area contributed by atoms with Gasteiger partial charge in [0.2, 0.25) is 5.91 Å². The predicted octanol–water partition coefficient (Wildman–Crippen LogP) is 1.30. The lowest BCUT2D eigenvalue weighted by atomic mass is 10.1. The minimum Gasteiger partial charge on any atom is -0.450 e. The first-order valence-electron chi connectivity index (χ1n) is 6.02. The Morgan fingerprint density at radius 2 is 2.29 bits per heavy atom. The zero-order valence-corrected chi connectivity index (χ0v) is 10.4. The van der Waals surface area contributed by atoms with E-state index in [0.29, 0.717) is 13.2 Å². The average Bonchev–Trinajstić information content (AvgIpc) is 2.30. The molecule has 5 nitrogen and oxygen atoms in total. The van der Waals surface area contributed by atoms with Crippen molar-refractivity contribution in [1.29, 1.82) is 0 Å². The Labute approximate surface area is 102 Å². The molecule has 1 unspecified atom stereocenters. The van der Waals surface area contributed by atoms with Gasteiger partial charge in [0.1, 0.15) is 0 Å². The maximum Gasteiger partial charge on any atom is 0.407 e. The summed E-state index contributed by atoms with van der Waals surface area (Å²) in [6.07, 6.45) is 4.66. The zero-order chi connectivity index (χ0) is 12.7. The normalized spacial score (nSPS) is 20.4. The molecule has 1 aliphatic rings. The van der Waals surface area contributed by atoms with E-state index < -0.39 is 6.09 Å². The van der Waals surface area contributed by atoms with Gasteiger partial charge in [-0.1, -0.05) is 6.08 Å². The fourth-order valence-corrected chi connectivity index (χ4v) is 1.88. The van der Waals surface area contributed by atoms with E-state index in [2.05, 4.69) is 5.32 Å². The summed E-state index contributed by atoms with van der Waals surface area (Å²) in [5.41, 5.74) is 0. The SMILES string of the molecule is CC=CC(=O)N1CCCC(NC(=O)OCC)C1. The fraction of sp³-hybridized carbons (Fsp3) is 0.667. The van der Waals surface area contributed by atoms with Gasteiger partial charge in [-0.15, -0.1) is 0 Å². The van der Waals surface area contributed by atoms with Crippen LogP contribution in [0.1, 0.15) is 26.7 Å². The number of carbonyl (C=O) groups is 2. The number of ether oxygens (including phenoxy) is 1. The quantitative estimate of drug-likeness (QED) is 0.756. The molecule has 0 saturated carbocycles. The van der Waals surface area contributed by atoms with Crippen LogP contribution in [-0.2, 0) is 9.53 Å². The highest BCUT2D eigenvalue weighted by Gasteiger charge is 2.23. The summed E-state index contributed by atoms with van der Waals surface area (Å²) >= 11 is 0. The summed E-state index contributed by atoms with van der Waals surface area (Å²) in [6.45, 7) is 5.25. The van der Waals surface area contributed by atoms with Crippen LogP contribution >= 0.6 is 0 Å². The van der Waals surface area contributed by atoms with E-state index >= 15 is 0 Å². The van der Waals surface area contributed by atoms with Crippen LogP contribution in [-0.4, -0.2) is 42.6 Å². The van der Waals surface area contributed by atoms with Gasteiger partial charge < -0.3 is 15.0 Å². The first-order chi connectivity index (χ1) is 8.17. The lowest BCUT2D eigenvalue weighted by Crippen LogP contribution is -2.49. The molecule has 17 heavy (non-hydrogen) atoms. The molecule has 0 aromatic carbocycles. The van der Waals surface area contributed by atoms with Gasteiger partial charge in [-0.3, -0.25) is 4.79 Å². The number of alkyl carbamates (subject to hydrolysis) is 1. The smallest absolute Gasteiger partial charge is 0.407 e. The first kappa shape index (κ1) is 13.5. The molecule has 1 fully saturated rings. The van der Waals surface area contributed by atoms with Crippen molar-refractivity contribution < 1.29 is 14.3 Å². The van der Waals surface area contributed by atoms with Gasteiger partial charge in [0.15, 0.2) is 0 Å². The van der Waals surface area contributed by atoms with Gasteiger partial charge in [0, 0.05) is 19.1 Å². The molecule has 0 spiro atoms. The number of rotatable bonds is 3. The van der Waals surface area contributed by atoms with Crippen LogP contribution < -0.4 is 5.32 Å². The summed E-state index contributed by atoms with van der Waals surface area (Å²) < 4.78 is 4.82. The Bertz CT molecular complexity index is 302. The number of likely N-dealkylation sites (tertiary alicyclic amines) is 1. The molecular weight excluding hydrogens is 220 g/mol. The molecule has 1 aliphatic heterocycles. The van der Waals surface area contributed by atoms with Crippen molar-refractivity contribution in [3.63, 3.8) is 0 Å². The molecule has 0 bridgehead atoms. The third-order valence-electron chi connectivity index (χ3n) is 2.64. The molecule has 96 valence electrons. The summed E-state index contributed by atoms with van der Waals surface area (Å²) in [4.78, 5) is 24.7. The van der Waals surface area contributed by atoms with E-state index in [-0.39, 0.29) is 11.9 Å². The predicted molar refractivity (Wildman–Crippen MR) is 64.6 cm³/mol. The fourth-order valence-electron chi connectivity index (χ4n) is 1.88. The van der Waals surface area contributed by atoms with Crippen LogP contribution in [0, 0.1) is 0 Å². The number of carbonyl (C=O) groups excluding carboxylic acids is 2. The molecule has 1 saturated heterocycles. The lowest BCUT2D eigenvalue weighted by Gasteiger charge is -2.32. The molecule has 5 heteroatoms. The third-order valence-corrected chi connectivity index (χ3v) is 2.64. The van der Waals surface area contributed by atoms with E-state index in [4.69, 9.17) is 4.74 Å². The molecule has 0 aliphatic carbocycles. The van der Waals surface area contributed by atoms with Gasteiger partial charge in [0.05, 0.1) is 6.61 Å². The molecule has 1 rings (SSSR count). The number of hydrogen-bond donors (Lipinski definition) is 1. The number of piperidine rings is 1. The Morgan fingerprint density at radius 1 is 1.53 bits per heavy atom. The molecular formula is C12H20N2O3. The molecule has 2 amide bonds. The summed E-state index contributed by atoms with van der Waals surface area (Å²) in [5.74, 6) is 0.00265. The lowest BCUT2D eigenvalue weighted by molar-refractivity contribution is -0.127. The monoisotopic (exact) mass is 240 g/mol. The van der Waals surface area contributed by atoms with Gasteiger partial charge >= 0.3 is 6.09 Å². The Balaban J connectivity index is 2.43. The van der Waals surface area contributed by atoms with Crippen LogP contribution in [0.5, 0.6) is 0 Å². The van der Waals surface area contributed by atoms with Crippen LogP contribution in [0.15, 0.2) is 12.2 Å². The van der Waals surface area contributed by atoms with Crippen molar-refractivity contribution in [3.05, 3.63) is 12.2 Å². The zero-order valence-electron chi connectivity index (χ0n) is 10.4. The highest BCUT2D eigenvalue weighted by molar-refractivity contribution is 5.87. The second-order valence-electron chi connectivity index (χ2n) is 3.99. The average molecular weight is 240 g/mol. The van der Waals surface area contributed by atoms with Crippen LogP contribution in [0.4, 0.5) is 4.79 Å². The van der Waals surface area contributed by atoms with E-state index in [0.717, 1.165) is 19.4 Å². The highest BCUT2D eigenvalue weighted by Crippen LogP contribution is 2.10. The van der Waals surface area contributed by atoms with Crippen LogP contribution in [0.3, 0.4) is 0 Å². The maximum absolute atomic E-state index is 11.7. The topological polar surface area (TPSA) is 58.6 Å².